The summed E-state index contributed by atoms with van der Waals surface area (Å²) < 4.78 is 0. The van der Waals surface area contributed by atoms with Crippen molar-refractivity contribution in [2.45, 2.75) is 52.1 Å². The molecule has 1 amide bonds. The van der Waals surface area contributed by atoms with Crippen LogP contribution in [0.1, 0.15) is 50.7 Å². The van der Waals surface area contributed by atoms with Crippen LogP contribution in [0.25, 0.3) is 5.57 Å². The van der Waals surface area contributed by atoms with E-state index in [0.717, 1.165) is 22.7 Å². The Kier molecular flexibility index (Phi) is 6.90. The second-order valence-electron chi connectivity index (χ2n) is 8.32. The largest absolute Gasteiger partial charge is 0.367 e. The van der Waals surface area contributed by atoms with Crippen LogP contribution in [0.2, 0.25) is 0 Å². The highest BCUT2D eigenvalue weighted by atomic mass is 32.1. The summed E-state index contributed by atoms with van der Waals surface area (Å²) in [4.78, 5) is 19.4. The number of rotatable bonds is 7. The molecule has 0 aromatic carbocycles. The van der Waals surface area contributed by atoms with Crippen LogP contribution in [0.15, 0.2) is 77.1 Å². The van der Waals surface area contributed by atoms with Crippen LogP contribution in [0.5, 0.6) is 0 Å². The molecule has 6 heteroatoms. The van der Waals surface area contributed by atoms with Gasteiger partial charge in [-0.05, 0) is 78.4 Å². The van der Waals surface area contributed by atoms with Crippen LogP contribution in [0.3, 0.4) is 0 Å². The maximum atomic E-state index is 12.9. The number of nitrogens with one attached hydrogen (secondary N) is 2. The molecule has 2 aromatic rings. The fourth-order valence-corrected chi connectivity index (χ4v) is 4.81. The highest BCUT2D eigenvalue weighted by Crippen LogP contribution is 2.29. The topological polar surface area (TPSA) is 57.3 Å². The SMILES string of the molecule is C=C1C(C(=O)NCc2ccc(NC3CCCC3)nc2)=CC=CN1/C(C)=C(\C)c1ccsc1. The quantitative estimate of drug-likeness (QED) is 0.561. The first-order valence-corrected chi connectivity index (χ1v) is 12.0. The predicted octanol–water partition coefficient (Wildman–Crippen LogP) is 5.83. The van der Waals surface area contributed by atoms with Crippen molar-refractivity contribution in [2.75, 3.05) is 5.32 Å². The molecule has 0 bridgehead atoms. The Labute approximate surface area is 194 Å². The molecule has 0 atom stereocenters. The highest BCUT2D eigenvalue weighted by Gasteiger charge is 2.21. The molecule has 2 N–H and O–H groups in total. The Hall–Kier alpha value is -3.12. The van der Waals surface area contributed by atoms with Crippen molar-refractivity contribution < 1.29 is 4.79 Å². The summed E-state index contributed by atoms with van der Waals surface area (Å²) in [5.74, 6) is 0.762. The van der Waals surface area contributed by atoms with Gasteiger partial charge in [-0.1, -0.05) is 25.5 Å². The summed E-state index contributed by atoms with van der Waals surface area (Å²) in [6, 6.07) is 6.64. The lowest BCUT2D eigenvalue weighted by atomic mass is 10.0. The molecule has 1 saturated carbocycles. The lowest BCUT2D eigenvalue weighted by molar-refractivity contribution is -0.117. The number of amides is 1. The van der Waals surface area contributed by atoms with E-state index in [2.05, 4.69) is 52.9 Å². The molecular formula is C26H30N4OS. The summed E-state index contributed by atoms with van der Waals surface area (Å²) in [5.41, 5.74) is 5.61. The van der Waals surface area contributed by atoms with Crippen molar-refractivity contribution in [1.29, 1.82) is 0 Å². The number of nitrogens with zero attached hydrogens (tertiary/aromatic N) is 2. The maximum absolute atomic E-state index is 12.9. The van der Waals surface area contributed by atoms with E-state index in [-0.39, 0.29) is 5.91 Å². The van der Waals surface area contributed by atoms with Crippen LogP contribution in [0.4, 0.5) is 5.82 Å². The molecule has 4 rings (SSSR count). The van der Waals surface area contributed by atoms with Gasteiger partial charge in [-0.25, -0.2) is 4.98 Å². The van der Waals surface area contributed by atoms with Crippen molar-refractivity contribution in [3.63, 3.8) is 0 Å². The smallest absolute Gasteiger partial charge is 0.253 e. The molecule has 0 unspecified atom stereocenters. The van der Waals surface area contributed by atoms with Crippen molar-refractivity contribution in [1.82, 2.24) is 15.2 Å². The van der Waals surface area contributed by atoms with Gasteiger partial charge in [-0.15, -0.1) is 0 Å². The Balaban J connectivity index is 1.36. The van der Waals surface area contributed by atoms with Gasteiger partial charge >= 0.3 is 0 Å². The minimum Gasteiger partial charge on any atom is -0.367 e. The van der Waals surface area contributed by atoms with E-state index in [1.807, 2.05) is 41.6 Å². The van der Waals surface area contributed by atoms with Crippen LogP contribution in [-0.4, -0.2) is 21.8 Å². The molecule has 0 radical (unpaired) electrons. The fourth-order valence-electron chi connectivity index (χ4n) is 4.10. The lowest BCUT2D eigenvalue weighted by Gasteiger charge is -2.28. The van der Waals surface area contributed by atoms with Gasteiger partial charge in [-0.2, -0.15) is 11.3 Å². The van der Waals surface area contributed by atoms with Gasteiger partial charge < -0.3 is 15.5 Å². The van der Waals surface area contributed by atoms with Crippen molar-refractivity contribution >= 4 is 28.6 Å². The standard InChI is InChI=1S/C26H30N4OS/c1-18(22-12-14-32-17-22)19(2)30-13-6-9-24(20(30)3)26(31)28-16-21-10-11-25(27-15-21)29-23-7-4-5-8-23/h6,9-15,17,23H,3-5,7-8,16H2,1-2H3,(H,27,29)(H,28,31)/b19-18+. The number of hydrogen-bond acceptors (Lipinski definition) is 5. The third-order valence-corrected chi connectivity index (χ3v) is 6.87. The van der Waals surface area contributed by atoms with Gasteiger partial charge in [0.05, 0.1) is 11.3 Å². The average molecular weight is 447 g/mol. The molecule has 5 nitrogen and oxygen atoms in total. The van der Waals surface area contributed by atoms with E-state index in [0.29, 0.717) is 23.9 Å². The predicted molar refractivity (Wildman–Crippen MR) is 133 cm³/mol. The Morgan fingerprint density at radius 3 is 2.75 bits per heavy atom. The third kappa shape index (κ3) is 5.02. The first kappa shape index (κ1) is 22.1. The zero-order valence-corrected chi connectivity index (χ0v) is 19.5. The number of hydrogen-bond donors (Lipinski definition) is 2. The monoisotopic (exact) mass is 446 g/mol. The Bertz CT molecular complexity index is 1060. The molecule has 3 heterocycles. The number of allylic oxidation sites excluding steroid dienone is 4. The number of carbonyl (C=O) groups is 1. The van der Waals surface area contributed by atoms with Crippen molar-refractivity contribution in [3.8, 4) is 0 Å². The molecule has 0 spiro atoms. The average Bonchev–Trinajstić information content (AvgIpc) is 3.52. The van der Waals surface area contributed by atoms with Crippen molar-refractivity contribution in [2.24, 2.45) is 0 Å². The molecule has 1 aliphatic carbocycles. The molecule has 32 heavy (non-hydrogen) atoms. The summed E-state index contributed by atoms with van der Waals surface area (Å²) in [6.07, 6.45) is 12.5. The van der Waals surface area contributed by atoms with Crippen LogP contribution in [-0.2, 0) is 11.3 Å². The second-order valence-corrected chi connectivity index (χ2v) is 9.10. The third-order valence-electron chi connectivity index (χ3n) is 6.19. The first-order chi connectivity index (χ1) is 15.5. The molecule has 2 aliphatic rings. The lowest BCUT2D eigenvalue weighted by Crippen LogP contribution is -2.30. The van der Waals surface area contributed by atoms with Crippen LogP contribution >= 0.6 is 11.3 Å². The number of anilines is 1. The zero-order valence-electron chi connectivity index (χ0n) is 18.7. The van der Waals surface area contributed by atoms with E-state index in [1.165, 1.54) is 31.2 Å². The number of carbonyl (C=O) groups excluding carboxylic acids is 1. The van der Waals surface area contributed by atoms with E-state index in [9.17, 15) is 4.79 Å². The van der Waals surface area contributed by atoms with E-state index in [4.69, 9.17) is 0 Å². The van der Waals surface area contributed by atoms with E-state index >= 15 is 0 Å². The summed E-state index contributed by atoms with van der Waals surface area (Å²) >= 11 is 1.67. The first-order valence-electron chi connectivity index (χ1n) is 11.1. The van der Waals surface area contributed by atoms with Gasteiger partial charge in [0.15, 0.2) is 0 Å². The van der Waals surface area contributed by atoms with Gasteiger partial charge in [0, 0.05) is 30.7 Å². The van der Waals surface area contributed by atoms with Gasteiger partial charge in [0.1, 0.15) is 5.82 Å². The Morgan fingerprint density at radius 2 is 2.06 bits per heavy atom. The number of pyridine rings is 1. The highest BCUT2D eigenvalue weighted by molar-refractivity contribution is 7.08. The molecule has 1 aliphatic heterocycles. The van der Waals surface area contributed by atoms with E-state index < -0.39 is 0 Å². The molecule has 0 saturated heterocycles. The molecule has 1 fully saturated rings. The minimum absolute atomic E-state index is 0.140. The minimum atomic E-state index is -0.140. The normalized spacial score (nSPS) is 17.2. The molecule has 166 valence electrons. The summed E-state index contributed by atoms with van der Waals surface area (Å²) in [7, 11) is 0. The Morgan fingerprint density at radius 1 is 1.25 bits per heavy atom. The number of aromatic nitrogens is 1. The van der Waals surface area contributed by atoms with Gasteiger partial charge in [0.25, 0.3) is 5.91 Å². The molecular weight excluding hydrogens is 416 g/mol. The second kappa shape index (κ2) is 10.0. The van der Waals surface area contributed by atoms with E-state index in [1.54, 1.807) is 11.3 Å². The van der Waals surface area contributed by atoms with Gasteiger partial charge in [-0.3, -0.25) is 4.79 Å². The number of thiophene rings is 1. The zero-order chi connectivity index (χ0) is 22.5. The van der Waals surface area contributed by atoms with Gasteiger partial charge in [0.2, 0.25) is 0 Å². The van der Waals surface area contributed by atoms with Crippen molar-refractivity contribution in [3.05, 3.63) is 88.2 Å². The fraction of sp³-hybridized carbons (Fsp3) is 0.308. The summed E-state index contributed by atoms with van der Waals surface area (Å²) in [6.45, 7) is 8.76. The maximum Gasteiger partial charge on any atom is 0.253 e. The summed E-state index contributed by atoms with van der Waals surface area (Å²) in [5, 5.41) is 10.7. The van der Waals surface area contributed by atoms with Crippen LogP contribution in [0, 0.1) is 0 Å². The molecule has 2 aromatic heterocycles. The van der Waals surface area contributed by atoms with Crippen LogP contribution < -0.4 is 10.6 Å².